The minimum atomic E-state index is -0.408. The zero-order valence-corrected chi connectivity index (χ0v) is 18.2. The molecule has 32 heavy (non-hydrogen) atoms. The Morgan fingerprint density at radius 2 is 1.75 bits per heavy atom. The first kappa shape index (κ1) is 20.1. The van der Waals surface area contributed by atoms with Gasteiger partial charge in [-0.25, -0.2) is 4.39 Å². The van der Waals surface area contributed by atoms with Gasteiger partial charge in [0, 0.05) is 23.2 Å². The minimum absolute atomic E-state index is 0.197. The van der Waals surface area contributed by atoms with Gasteiger partial charge in [-0.2, -0.15) is 0 Å². The van der Waals surface area contributed by atoms with Gasteiger partial charge < -0.3 is 14.3 Å². The summed E-state index contributed by atoms with van der Waals surface area (Å²) in [5, 5.41) is 4.52. The first-order chi connectivity index (χ1) is 15.5. The summed E-state index contributed by atoms with van der Waals surface area (Å²) in [5.74, 6) is -0.0531. The summed E-state index contributed by atoms with van der Waals surface area (Å²) in [6.07, 6.45) is 0. The average molecular weight is 426 g/mol. The van der Waals surface area contributed by atoms with Gasteiger partial charge in [-0.05, 0) is 50.6 Å². The second-order valence-electron chi connectivity index (χ2n) is 8.00. The van der Waals surface area contributed by atoms with Gasteiger partial charge in [-0.3, -0.25) is 4.79 Å². The molecule has 0 spiro atoms. The van der Waals surface area contributed by atoms with Crippen molar-refractivity contribution in [3.63, 3.8) is 0 Å². The van der Waals surface area contributed by atoms with Crippen molar-refractivity contribution >= 4 is 33.4 Å². The molecule has 0 saturated heterocycles. The lowest BCUT2D eigenvalue weighted by atomic mass is 10.0. The number of halogens is 1. The quantitative estimate of drug-likeness (QED) is 0.339. The standard InChI is InChI=1S/C27H23FN2O2/c1-4-30-22-12-8-6-10-19(22)25-24(27(30)31)23(18-9-5-7-11-20(18)28)26(32-25)29-21-14-13-16(2)15-17(21)3/h5-15,29H,4H2,1-3H3. The second-order valence-corrected chi connectivity index (χ2v) is 8.00. The molecule has 5 aromatic rings. The first-order valence-electron chi connectivity index (χ1n) is 10.7. The summed E-state index contributed by atoms with van der Waals surface area (Å²) < 4.78 is 23.0. The molecule has 5 rings (SSSR count). The van der Waals surface area contributed by atoms with Crippen LogP contribution in [0, 0.1) is 19.7 Å². The number of nitrogens with one attached hydrogen (secondary N) is 1. The van der Waals surface area contributed by atoms with Crippen molar-refractivity contribution < 1.29 is 8.81 Å². The predicted octanol–water partition coefficient (Wildman–Crippen LogP) is 6.93. The Morgan fingerprint density at radius 1 is 1.00 bits per heavy atom. The number of furan rings is 1. The molecule has 2 heterocycles. The third-order valence-electron chi connectivity index (χ3n) is 5.90. The Morgan fingerprint density at radius 3 is 2.50 bits per heavy atom. The predicted molar refractivity (Wildman–Crippen MR) is 128 cm³/mol. The van der Waals surface area contributed by atoms with Crippen LogP contribution < -0.4 is 10.9 Å². The SMILES string of the molecule is CCn1c(=O)c2c(-c3ccccc3F)c(Nc3ccc(C)cc3C)oc2c2ccccc21. The van der Waals surface area contributed by atoms with E-state index in [1.165, 1.54) is 6.07 Å². The number of nitrogens with zero attached hydrogens (tertiary/aromatic N) is 1. The van der Waals surface area contributed by atoms with E-state index in [1.54, 1.807) is 22.8 Å². The van der Waals surface area contributed by atoms with Gasteiger partial charge in [0.05, 0.1) is 16.5 Å². The van der Waals surface area contributed by atoms with Gasteiger partial charge in [0.2, 0.25) is 5.88 Å². The monoisotopic (exact) mass is 426 g/mol. The number of anilines is 2. The fraction of sp³-hybridized carbons (Fsp3) is 0.148. The van der Waals surface area contributed by atoms with Crippen LogP contribution in [0.5, 0.6) is 0 Å². The molecular weight excluding hydrogens is 403 g/mol. The number of pyridine rings is 1. The molecule has 160 valence electrons. The lowest BCUT2D eigenvalue weighted by Crippen LogP contribution is -2.19. The Bertz CT molecular complexity index is 1550. The van der Waals surface area contributed by atoms with E-state index in [1.807, 2.05) is 57.2 Å². The Balaban J connectivity index is 1.90. The molecule has 0 aliphatic heterocycles. The number of hydrogen-bond acceptors (Lipinski definition) is 3. The van der Waals surface area contributed by atoms with E-state index in [0.29, 0.717) is 34.5 Å². The highest BCUT2D eigenvalue weighted by molar-refractivity contribution is 6.11. The third kappa shape index (κ3) is 3.09. The van der Waals surface area contributed by atoms with Crippen molar-refractivity contribution in [2.24, 2.45) is 0 Å². The van der Waals surface area contributed by atoms with Crippen LogP contribution in [-0.4, -0.2) is 4.57 Å². The first-order valence-corrected chi connectivity index (χ1v) is 10.7. The number of aryl methyl sites for hydroxylation is 3. The lowest BCUT2D eigenvalue weighted by molar-refractivity contribution is 0.626. The normalized spacial score (nSPS) is 11.4. The van der Waals surface area contributed by atoms with Crippen molar-refractivity contribution in [1.29, 1.82) is 0 Å². The van der Waals surface area contributed by atoms with E-state index in [0.717, 1.165) is 27.7 Å². The van der Waals surface area contributed by atoms with E-state index in [9.17, 15) is 9.18 Å². The van der Waals surface area contributed by atoms with Gasteiger partial charge >= 0.3 is 0 Å². The van der Waals surface area contributed by atoms with Crippen molar-refractivity contribution in [3.8, 4) is 11.1 Å². The Labute approximate surface area is 184 Å². The molecule has 0 aliphatic carbocycles. The van der Waals surface area contributed by atoms with Gasteiger partial charge in [-0.1, -0.05) is 48.0 Å². The van der Waals surface area contributed by atoms with Gasteiger partial charge in [0.25, 0.3) is 5.56 Å². The van der Waals surface area contributed by atoms with E-state index >= 15 is 0 Å². The molecule has 0 fully saturated rings. The number of benzene rings is 3. The highest BCUT2D eigenvalue weighted by Gasteiger charge is 2.25. The van der Waals surface area contributed by atoms with Crippen molar-refractivity contribution in [1.82, 2.24) is 4.57 Å². The van der Waals surface area contributed by atoms with Gasteiger partial charge in [-0.15, -0.1) is 0 Å². The Kier molecular flexibility index (Phi) is 4.82. The van der Waals surface area contributed by atoms with Crippen molar-refractivity contribution in [2.75, 3.05) is 5.32 Å². The molecule has 0 radical (unpaired) electrons. The van der Waals surface area contributed by atoms with Crippen LogP contribution in [0.4, 0.5) is 16.0 Å². The minimum Gasteiger partial charge on any atom is -0.439 e. The van der Waals surface area contributed by atoms with Gasteiger partial charge in [0.1, 0.15) is 5.82 Å². The van der Waals surface area contributed by atoms with E-state index in [-0.39, 0.29) is 5.56 Å². The molecule has 0 aliphatic rings. The molecule has 0 saturated carbocycles. The summed E-state index contributed by atoms with van der Waals surface area (Å²) in [6.45, 7) is 6.46. The van der Waals surface area contributed by atoms with Crippen molar-refractivity contribution in [3.05, 3.63) is 94.0 Å². The summed E-state index contributed by atoms with van der Waals surface area (Å²) in [6, 6.07) is 20.1. The number of aromatic nitrogens is 1. The largest absolute Gasteiger partial charge is 0.439 e. The van der Waals surface area contributed by atoms with Crippen LogP contribution in [0.15, 0.2) is 75.9 Å². The maximum atomic E-state index is 15.0. The summed E-state index contributed by atoms with van der Waals surface area (Å²) in [5.41, 5.74) is 4.83. The smallest absolute Gasteiger partial charge is 0.262 e. The number of fused-ring (bicyclic) bond motifs is 3. The zero-order valence-electron chi connectivity index (χ0n) is 18.2. The lowest BCUT2D eigenvalue weighted by Gasteiger charge is -2.11. The molecular formula is C27H23FN2O2. The van der Waals surface area contributed by atoms with E-state index in [4.69, 9.17) is 4.42 Å². The average Bonchev–Trinajstić information content (AvgIpc) is 3.16. The molecule has 0 unspecified atom stereocenters. The highest BCUT2D eigenvalue weighted by atomic mass is 19.1. The van der Waals surface area contributed by atoms with Crippen LogP contribution in [-0.2, 0) is 6.54 Å². The Hall–Kier alpha value is -3.86. The zero-order chi connectivity index (χ0) is 22.4. The summed E-state index contributed by atoms with van der Waals surface area (Å²) in [7, 11) is 0. The molecule has 5 heteroatoms. The van der Waals surface area contributed by atoms with Crippen molar-refractivity contribution in [2.45, 2.75) is 27.3 Å². The van der Waals surface area contributed by atoms with Crippen LogP contribution in [0.25, 0.3) is 33.0 Å². The molecule has 0 bridgehead atoms. The van der Waals surface area contributed by atoms with E-state index < -0.39 is 5.82 Å². The van der Waals surface area contributed by atoms with Crippen LogP contribution in [0.2, 0.25) is 0 Å². The maximum Gasteiger partial charge on any atom is 0.262 e. The highest BCUT2D eigenvalue weighted by Crippen LogP contribution is 2.42. The molecule has 0 amide bonds. The maximum absolute atomic E-state index is 15.0. The third-order valence-corrected chi connectivity index (χ3v) is 5.90. The molecule has 1 N–H and O–H groups in total. The van der Waals surface area contributed by atoms with E-state index in [2.05, 4.69) is 11.4 Å². The number of para-hydroxylation sites is 1. The van der Waals surface area contributed by atoms with Gasteiger partial charge in [0.15, 0.2) is 5.58 Å². The van der Waals surface area contributed by atoms with Crippen LogP contribution in [0.1, 0.15) is 18.1 Å². The summed E-state index contributed by atoms with van der Waals surface area (Å²) >= 11 is 0. The fourth-order valence-corrected chi connectivity index (χ4v) is 4.37. The summed E-state index contributed by atoms with van der Waals surface area (Å²) in [4.78, 5) is 13.6. The molecule has 3 aromatic carbocycles. The molecule has 0 atom stereocenters. The molecule has 4 nitrogen and oxygen atoms in total. The van der Waals surface area contributed by atoms with Crippen LogP contribution >= 0.6 is 0 Å². The second kappa shape index (κ2) is 7.68. The number of hydrogen-bond donors (Lipinski definition) is 1. The topological polar surface area (TPSA) is 47.2 Å². The number of rotatable bonds is 4. The fourth-order valence-electron chi connectivity index (χ4n) is 4.37. The molecule has 2 aromatic heterocycles. The van der Waals surface area contributed by atoms with Crippen LogP contribution in [0.3, 0.4) is 0 Å².